The number of ether oxygens (including phenoxy) is 2. The van der Waals surface area contributed by atoms with Crippen LogP contribution in [0.5, 0.6) is 0 Å². The second-order valence-corrected chi connectivity index (χ2v) is 14.9. The van der Waals surface area contributed by atoms with Crippen molar-refractivity contribution in [1.29, 1.82) is 0 Å². The van der Waals surface area contributed by atoms with E-state index in [0.29, 0.717) is 25.7 Å². The topological polar surface area (TPSA) is 169 Å². The summed E-state index contributed by atoms with van der Waals surface area (Å²) in [5, 5.41) is 14.0. The molecule has 0 spiro atoms. The van der Waals surface area contributed by atoms with Crippen molar-refractivity contribution in [2.45, 2.75) is 88.9 Å². The highest BCUT2D eigenvalue weighted by Gasteiger charge is 2.39. The van der Waals surface area contributed by atoms with Gasteiger partial charge in [-0.2, -0.15) is 0 Å². The van der Waals surface area contributed by atoms with Gasteiger partial charge in [0.25, 0.3) is 0 Å². The maximum absolute atomic E-state index is 13.0. The molecular formula is C41H53N5O6. The molecule has 0 fully saturated rings. The highest BCUT2D eigenvalue weighted by Crippen LogP contribution is 2.43. The molecular weight excluding hydrogens is 658 g/mol. The quantitative estimate of drug-likeness (QED) is 0.0963. The lowest BCUT2D eigenvalue weighted by Gasteiger charge is -2.31. The molecule has 5 aromatic heterocycles. The number of hydrogen-bond donors (Lipinski definition) is 6. The zero-order valence-corrected chi connectivity index (χ0v) is 31.6. The summed E-state index contributed by atoms with van der Waals surface area (Å²) < 4.78 is 11.4. The van der Waals surface area contributed by atoms with Gasteiger partial charge in [0.2, 0.25) is 0 Å². The number of nitrogens with zero attached hydrogens (tertiary/aromatic N) is 1. The number of aromatic amines is 4. The normalized spacial score (nSPS) is 22.4. The lowest BCUT2D eigenvalue weighted by Crippen LogP contribution is -2.29. The second kappa shape index (κ2) is 15.0. The molecule has 0 radical (unpaired) electrons. The van der Waals surface area contributed by atoms with Crippen molar-refractivity contribution >= 4 is 11.9 Å². The van der Waals surface area contributed by atoms with Gasteiger partial charge in [0.1, 0.15) is 11.4 Å². The number of H-pyrrole nitrogens is 4. The van der Waals surface area contributed by atoms with Crippen molar-refractivity contribution in [3.05, 3.63) is 124 Å². The Morgan fingerprint density at radius 2 is 0.788 bits per heavy atom. The molecule has 3 aliphatic rings. The SMILES string of the molecule is CC1(C)c2ccc([nH]2)C2(C)CCCOC(=O)c3cccc(n3)C(=O)OCCCC(C)(c3ccc1[nH]3)c1ccc([nH]1)C(C)(C)c1ccc2[nH]1.CO.CO. The van der Waals surface area contributed by atoms with Gasteiger partial charge in [-0.15, -0.1) is 0 Å². The number of esters is 2. The predicted octanol–water partition coefficient (Wildman–Crippen LogP) is 6.78. The van der Waals surface area contributed by atoms with Crippen molar-refractivity contribution < 1.29 is 29.3 Å². The number of aliphatic hydroxyl groups excluding tert-OH is 2. The van der Waals surface area contributed by atoms with Crippen molar-refractivity contribution in [3.63, 3.8) is 0 Å². The van der Waals surface area contributed by atoms with Crippen LogP contribution in [0.1, 0.15) is 134 Å². The molecule has 6 N–H and O–H groups in total. The standard InChI is InChI=1S/C39H45N5O4.2CH4O/c1-36(2)26-12-16-30(41-26)38(5)20-8-22-47-34(45)24-10-7-11-25(40-24)35(46)48-23-9-21-39(6,31-17-13-27(36)42-31)33-19-15-29(44-33)37(3,4)28-14-18-32(38)43-28;2*1-2/h7,10-19,41-44H,8-9,20-23H2,1-6H3;2*2H,1H3. The van der Waals surface area contributed by atoms with E-state index in [1.54, 1.807) is 18.2 Å². The number of carbonyl (C=O) groups is 2. The Labute approximate surface area is 305 Å². The van der Waals surface area contributed by atoms with Crippen molar-refractivity contribution in [3.8, 4) is 0 Å². The third-order valence-electron chi connectivity index (χ3n) is 11.1. The number of rotatable bonds is 0. The van der Waals surface area contributed by atoms with E-state index in [2.05, 4.69) is 115 Å². The number of fused-ring (bicyclic) bond motifs is 8. The van der Waals surface area contributed by atoms with Crippen LogP contribution in [0, 0.1) is 0 Å². The highest BCUT2D eigenvalue weighted by atomic mass is 16.5. The summed E-state index contributed by atoms with van der Waals surface area (Å²) in [6.07, 6.45) is 2.63. The van der Waals surface area contributed by atoms with Crippen LogP contribution in [0.2, 0.25) is 0 Å². The van der Waals surface area contributed by atoms with Crippen LogP contribution >= 0.6 is 0 Å². The molecule has 5 aromatic rings. The molecule has 0 aliphatic carbocycles. The molecule has 0 amide bonds. The minimum Gasteiger partial charge on any atom is -0.461 e. The molecule has 0 saturated heterocycles. The summed E-state index contributed by atoms with van der Waals surface area (Å²) in [5.74, 6) is -1.12. The van der Waals surface area contributed by atoms with E-state index in [1.807, 2.05) is 0 Å². The maximum Gasteiger partial charge on any atom is 0.356 e. The molecule has 278 valence electrons. The van der Waals surface area contributed by atoms with Crippen LogP contribution in [0.15, 0.2) is 66.7 Å². The van der Waals surface area contributed by atoms with Gasteiger partial charge in [-0.3, -0.25) is 0 Å². The fourth-order valence-corrected chi connectivity index (χ4v) is 7.44. The Kier molecular flexibility index (Phi) is 11.1. The van der Waals surface area contributed by atoms with E-state index in [0.717, 1.165) is 59.8 Å². The van der Waals surface area contributed by atoms with E-state index in [9.17, 15) is 9.59 Å². The monoisotopic (exact) mass is 711 g/mol. The number of aliphatic hydroxyl groups is 2. The van der Waals surface area contributed by atoms with E-state index in [1.165, 1.54) is 0 Å². The average Bonchev–Trinajstić information content (AvgIpc) is 3.99. The van der Waals surface area contributed by atoms with Gasteiger partial charge in [0.15, 0.2) is 0 Å². The summed E-state index contributed by atoms with van der Waals surface area (Å²) in [7, 11) is 2.00. The number of aromatic nitrogens is 5. The third-order valence-corrected chi connectivity index (χ3v) is 11.1. The molecule has 0 saturated carbocycles. The van der Waals surface area contributed by atoms with Crippen molar-refractivity contribution in [2.75, 3.05) is 27.4 Å². The summed E-state index contributed by atoms with van der Waals surface area (Å²) in [5.41, 5.74) is 7.36. The second-order valence-electron chi connectivity index (χ2n) is 14.9. The summed E-state index contributed by atoms with van der Waals surface area (Å²) >= 11 is 0. The molecule has 0 aromatic carbocycles. The molecule has 11 nitrogen and oxygen atoms in total. The molecule has 3 aliphatic heterocycles. The van der Waals surface area contributed by atoms with Crippen molar-refractivity contribution in [1.82, 2.24) is 24.9 Å². The smallest absolute Gasteiger partial charge is 0.356 e. The van der Waals surface area contributed by atoms with Gasteiger partial charge >= 0.3 is 11.9 Å². The first-order chi connectivity index (χ1) is 24.8. The maximum atomic E-state index is 13.0. The third kappa shape index (κ3) is 6.87. The lowest BCUT2D eigenvalue weighted by molar-refractivity contribution is 0.0477. The van der Waals surface area contributed by atoms with Crippen LogP contribution in [-0.4, -0.2) is 74.5 Å². The number of pyridine rings is 1. The number of carbonyl (C=O) groups excluding carboxylic acids is 2. The Bertz CT molecular complexity index is 1770. The van der Waals surface area contributed by atoms with Gasteiger partial charge in [0.05, 0.1) is 13.2 Å². The molecule has 52 heavy (non-hydrogen) atoms. The van der Waals surface area contributed by atoms with Gasteiger partial charge in [0, 0.05) is 81.4 Å². The number of hydrogen-bond acceptors (Lipinski definition) is 7. The van der Waals surface area contributed by atoms with E-state index >= 15 is 0 Å². The molecule has 0 unspecified atom stereocenters. The zero-order valence-electron chi connectivity index (χ0n) is 31.6. The largest absolute Gasteiger partial charge is 0.461 e. The first-order valence-corrected chi connectivity index (χ1v) is 17.8. The molecule has 11 heteroatoms. The minimum absolute atomic E-state index is 0.0849. The highest BCUT2D eigenvalue weighted by molar-refractivity contribution is 5.91. The van der Waals surface area contributed by atoms with E-state index in [4.69, 9.17) is 19.7 Å². The van der Waals surface area contributed by atoms with Gasteiger partial charge in [-0.1, -0.05) is 6.07 Å². The van der Waals surface area contributed by atoms with Gasteiger partial charge < -0.3 is 39.6 Å². The zero-order chi connectivity index (χ0) is 37.9. The lowest BCUT2D eigenvalue weighted by atomic mass is 9.79. The fourth-order valence-electron chi connectivity index (χ4n) is 7.44. The first kappa shape index (κ1) is 38.4. The fraction of sp³-hybridized carbons (Fsp3) is 0.439. The molecule has 8 heterocycles. The van der Waals surface area contributed by atoms with Crippen LogP contribution < -0.4 is 0 Å². The van der Waals surface area contributed by atoms with Gasteiger partial charge in [-0.25, -0.2) is 14.6 Å². The van der Waals surface area contributed by atoms with Crippen LogP contribution in [-0.2, 0) is 31.1 Å². The Balaban J connectivity index is 0.00000126. The molecule has 0 atom stereocenters. The van der Waals surface area contributed by atoms with Gasteiger partial charge in [-0.05, 0) is 128 Å². The summed E-state index contributed by atoms with van der Waals surface area (Å²) in [4.78, 5) is 45.6. The van der Waals surface area contributed by atoms with Crippen LogP contribution in [0.4, 0.5) is 0 Å². The Morgan fingerprint density at radius 3 is 1.10 bits per heavy atom. The van der Waals surface area contributed by atoms with Crippen molar-refractivity contribution in [2.24, 2.45) is 0 Å². The predicted molar refractivity (Wildman–Crippen MR) is 200 cm³/mol. The molecule has 12 bridgehead atoms. The summed E-state index contributed by atoms with van der Waals surface area (Å²) in [6.45, 7) is 13.8. The van der Waals surface area contributed by atoms with E-state index in [-0.39, 0.29) is 35.4 Å². The Hall–Kier alpha value is -4.87. The average molecular weight is 712 g/mol. The van der Waals surface area contributed by atoms with Crippen LogP contribution in [0.3, 0.4) is 0 Å². The molecule has 8 rings (SSSR count). The first-order valence-electron chi connectivity index (χ1n) is 17.8. The minimum atomic E-state index is -0.562. The Morgan fingerprint density at radius 1 is 0.500 bits per heavy atom. The number of nitrogens with one attached hydrogen (secondary N) is 4. The van der Waals surface area contributed by atoms with E-state index < -0.39 is 22.8 Å². The van der Waals surface area contributed by atoms with Crippen LogP contribution in [0.25, 0.3) is 0 Å². The summed E-state index contributed by atoms with van der Waals surface area (Å²) in [6, 6.07) is 22.3.